The lowest BCUT2D eigenvalue weighted by molar-refractivity contribution is 0.0381. The van der Waals surface area contributed by atoms with Crippen LogP contribution in [0.3, 0.4) is 0 Å². The Kier molecular flexibility index (Phi) is 4.96. The van der Waals surface area contributed by atoms with E-state index in [1.165, 1.54) is 5.56 Å². The van der Waals surface area contributed by atoms with Crippen LogP contribution >= 0.6 is 0 Å². The van der Waals surface area contributed by atoms with E-state index in [1.54, 1.807) is 6.33 Å². The van der Waals surface area contributed by atoms with Crippen LogP contribution in [0.4, 0.5) is 11.6 Å². The van der Waals surface area contributed by atoms with Crippen molar-refractivity contribution in [2.75, 3.05) is 37.0 Å². The van der Waals surface area contributed by atoms with Crippen molar-refractivity contribution in [1.82, 2.24) is 9.97 Å². The summed E-state index contributed by atoms with van der Waals surface area (Å²) in [5.74, 6) is 2.02. The number of morpholine rings is 1. The van der Waals surface area contributed by atoms with Gasteiger partial charge in [0.15, 0.2) is 0 Å². The minimum atomic E-state index is 0.316. The Labute approximate surface area is 115 Å². The number of hydrogen-bond donors (Lipinski definition) is 1. The second kappa shape index (κ2) is 6.70. The van der Waals surface area contributed by atoms with Gasteiger partial charge in [-0.05, 0) is 12.8 Å². The van der Waals surface area contributed by atoms with Gasteiger partial charge in [-0.3, -0.25) is 0 Å². The van der Waals surface area contributed by atoms with Crippen LogP contribution in [0.2, 0.25) is 0 Å². The predicted octanol–water partition coefficient (Wildman–Crippen LogP) is 2.09. The van der Waals surface area contributed by atoms with Crippen molar-refractivity contribution in [3.05, 3.63) is 11.9 Å². The fourth-order valence-electron chi connectivity index (χ4n) is 2.53. The molecular weight excluding hydrogens is 240 g/mol. The first kappa shape index (κ1) is 14.1. The summed E-state index contributed by atoms with van der Waals surface area (Å²) in [6.45, 7) is 6.97. The van der Waals surface area contributed by atoms with Gasteiger partial charge in [-0.2, -0.15) is 0 Å². The molecule has 0 saturated carbocycles. The van der Waals surface area contributed by atoms with Gasteiger partial charge in [0.25, 0.3) is 0 Å². The molecule has 0 bridgehead atoms. The van der Waals surface area contributed by atoms with Crippen LogP contribution in [0.1, 0.15) is 32.3 Å². The van der Waals surface area contributed by atoms with Crippen molar-refractivity contribution in [2.45, 2.75) is 39.2 Å². The van der Waals surface area contributed by atoms with E-state index in [-0.39, 0.29) is 0 Å². The third-order valence-corrected chi connectivity index (χ3v) is 3.55. The average Bonchev–Trinajstić information content (AvgIpc) is 2.48. The van der Waals surface area contributed by atoms with Crippen molar-refractivity contribution >= 4 is 11.6 Å². The fraction of sp³-hybridized carbons (Fsp3) is 0.714. The minimum absolute atomic E-state index is 0.316. The molecule has 1 N–H and O–H groups in total. The van der Waals surface area contributed by atoms with Crippen molar-refractivity contribution < 1.29 is 4.74 Å². The van der Waals surface area contributed by atoms with E-state index >= 15 is 0 Å². The van der Waals surface area contributed by atoms with E-state index < -0.39 is 0 Å². The molecule has 1 saturated heterocycles. The SMILES string of the molecule is CCCc1c(NC)ncnc1N1CCOC(CC)C1. The molecule has 106 valence electrons. The molecule has 5 nitrogen and oxygen atoms in total. The zero-order valence-electron chi connectivity index (χ0n) is 12.1. The van der Waals surface area contributed by atoms with Crippen molar-refractivity contribution in [3.8, 4) is 0 Å². The summed E-state index contributed by atoms with van der Waals surface area (Å²) >= 11 is 0. The maximum Gasteiger partial charge on any atom is 0.137 e. The monoisotopic (exact) mass is 264 g/mol. The van der Waals surface area contributed by atoms with E-state index in [1.807, 2.05) is 7.05 Å². The first-order chi connectivity index (χ1) is 9.30. The topological polar surface area (TPSA) is 50.3 Å². The summed E-state index contributed by atoms with van der Waals surface area (Å²) in [5, 5.41) is 3.18. The Bertz CT molecular complexity index is 410. The molecule has 0 aliphatic carbocycles. The molecule has 1 aliphatic rings. The van der Waals surface area contributed by atoms with E-state index in [0.717, 1.165) is 50.6 Å². The Morgan fingerprint density at radius 2 is 2.26 bits per heavy atom. The molecular formula is C14H24N4O. The Hall–Kier alpha value is -1.36. The molecule has 0 spiro atoms. The zero-order valence-corrected chi connectivity index (χ0v) is 12.1. The molecule has 5 heteroatoms. The van der Waals surface area contributed by atoms with E-state index in [2.05, 4.69) is 34.0 Å². The molecule has 1 aromatic heterocycles. The number of aromatic nitrogens is 2. The highest BCUT2D eigenvalue weighted by atomic mass is 16.5. The van der Waals surface area contributed by atoms with Gasteiger partial charge in [0.1, 0.15) is 18.0 Å². The van der Waals surface area contributed by atoms with Gasteiger partial charge in [-0.15, -0.1) is 0 Å². The second-order valence-electron chi connectivity index (χ2n) is 4.87. The average molecular weight is 264 g/mol. The molecule has 1 aliphatic heterocycles. The normalized spacial score (nSPS) is 19.5. The molecule has 2 heterocycles. The Morgan fingerprint density at radius 3 is 2.95 bits per heavy atom. The van der Waals surface area contributed by atoms with Crippen LogP contribution in [0, 0.1) is 0 Å². The molecule has 0 amide bonds. The van der Waals surface area contributed by atoms with Crippen LogP contribution in [0.5, 0.6) is 0 Å². The summed E-state index contributed by atoms with van der Waals surface area (Å²) < 4.78 is 5.73. The fourth-order valence-corrected chi connectivity index (χ4v) is 2.53. The van der Waals surface area contributed by atoms with Gasteiger partial charge < -0.3 is 15.0 Å². The second-order valence-corrected chi connectivity index (χ2v) is 4.87. The molecule has 0 radical (unpaired) electrons. The quantitative estimate of drug-likeness (QED) is 0.882. The highest BCUT2D eigenvalue weighted by molar-refractivity contribution is 5.58. The summed E-state index contributed by atoms with van der Waals surface area (Å²) in [7, 11) is 1.92. The Morgan fingerprint density at radius 1 is 1.42 bits per heavy atom. The molecule has 0 aromatic carbocycles. The van der Waals surface area contributed by atoms with Gasteiger partial charge >= 0.3 is 0 Å². The number of rotatable bonds is 5. The minimum Gasteiger partial charge on any atom is -0.375 e. The molecule has 1 aromatic rings. The lowest BCUT2D eigenvalue weighted by Crippen LogP contribution is -2.43. The lowest BCUT2D eigenvalue weighted by Gasteiger charge is -2.34. The highest BCUT2D eigenvalue weighted by Gasteiger charge is 2.23. The zero-order chi connectivity index (χ0) is 13.7. The van der Waals surface area contributed by atoms with E-state index in [0.29, 0.717) is 6.10 Å². The van der Waals surface area contributed by atoms with E-state index in [9.17, 15) is 0 Å². The number of nitrogens with zero attached hydrogens (tertiary/aromatic N) is 3. The highest BCUT2D eigenvalue weighted by Crippen LogP contribution is 2.26. The predicted molar refractivity (Wildman–Crippen MR) is 77.8 cm³/mol. The third-order valence-electron chi connectivity index (χ3n) is 3.55. The van der Waals surface area contributed by atoms with Gasteiger partial charge in [0.2, 0.25) is 0 Å². The molecule has 1 unspecified atom stereocenters. The van der Waals surface area contributed by atoms with Crippen LogP contribution in [0.25, 0.3) is 0 Å². The molecule has 19 heavy (non-hydrogen) atoms. The first-order valence-corrected chi connectivity index (χ1v) is 7.18. The summed E-state index contributed by atoms with van der Waals surface area (Å²) in [4.78, 5) is 11.2. The largest absolute Gasteiger partial charge is 0.375 e. The van der Waals surface area contributed by atoms with Gasteiger partial charge in [0.05, 0.1) is 12.7 Å². The number of anilines is 2. The summed E-state index contributed by atoms with van der Waals surface area (Å²) in [6.07, 6.45) is 5.11. The van der Waals surface area contributed by atoms with Crippen LogP contribution < -0.4 is 10.2 Å². The third kappa shape index (κ3) is 3.15. The van der Waals surface area contributed by atoms with Crippen molar-refractivity contribution in [2.24, 2.45) is 0 Å². The molecule has 2 rings (SSSR count). The molecule has 1 atom stereocenters. The maximum absolute atomic E-state index is 5.73. The number of nitrogens with one attached hydrogen (secondary N) is 1. The molecule has 1 fully saturated rings. The number of ether oxygens (including phenoxy) is 1. The lowest BCUT2D eigenvalue weighted by atomic mass is 10.1. The standard InChI is InChI=1S/C14H24N4O/c1-4-6-12-13(15-3)16-10-17-14(12)18-7-8-19-11(5-2)9-18/h10-11H,4-9H2,1-3H3,(H,15,16,17). The maximum atomic E-state index is 5.73. The smallest absolute Gasteiger partial charge is 0.137 e. The summed E-state index contributed by atoms with van der Waals surface area (Å²) in [6, 6.07) is 0. The van der Waals surface area contributed by atoms with Gasteiger partial charge in [-0.1, -0.05) is 20.3 Å². The van der Waals surface area contributed by atoms with Gasteiger partial charge in [0, 0.05) is 25.7 Å². The Balaban J connectivity index is 2.27. The first-order valence-electron chi connectivity index (χ1n) is 7.18. The van der Waals surface area contributed by atoms with E-state index in [4.69, 9.17) is 4.74 Å². The van der Waals surface area contributed by atoms with Crippen molar-refractivity contribution in [3.63, 3.8) is 0 Å². The number of hydrogen-bond acceptors (Lipinski definition) is 5. The van der Waals surface area contributed by atoms with Crippen LogP contribution in [0.15, 0.2) is 6.33 Å². The van der Waals surface area contributed by atoms with Crippen molar-refractivity contribution in [1.29, 1.82) is 0 Å². The van der Waals surface area contributed by atoms with Crippen LogP contribution in [-0.2, 0) is 11.2 Å². The van der Waals surface area contributed by atoms with Crippen LogP contribution in [-0.4, -0.2) is 42.8 Å². The van der Waals surface area contributed by atoms with Gasteiger partial charge in [-0.25, -0.2) is 9.97 Å². The summed E-state index contributed by atoms with van der Waals surface area (Å²) in [5.41, 5.74) is 1.23.